The Labute approximate surface area is 103 Å². The minimum atomic E-state index is 0.138. The number of aromatic nitrogens is 1. The van der Waals surface area contributed by atoms with Crippen LogP contribution in [0.3, 0.4) is 0 Å². The van der Waals surface area contributed by atoms with Crippen LogP contribution in [0.25, 0.3) is 10.2 Å². The summed E-state index contributed by atoms with van der Waals surface area (Å²) in [6, 6.07) is 7.94. The van der Waals surface area contributed by atoms with E-state index in [0.29, 0.717) is 19.5 Å². The number of nitrogens with two attached hydrogens (primary N) is 1. The van der Waals surface area contributed by atoms with Crippen molar-refractivity contribution in [2.45, 2.75) is 6.42 Å². The molecule has 1 atom stereocenters. The quantitative estimate of drug-likeness (QED) is 0.877. The number of rotatable bonds is 2. The molecule has 1 unspecified atom stereocenters. The summed E-state index contributed by atoms with van der Waals surface area (Å²) in [4.78, 5) is 18.1. The summed E-state index contributed by atoms with van der Waals surface area (Å²) >= 11 is 1.56. The maximum absolute atomic E-state index is 11.9. The number of fused-ring (bicyclic) bond motifs is 1. The molecule has 0 radical (unpaired) electrons. The van der Waals surface area contributed by atoms with E-state index in [9.17, 15) is 4.79 Å². The Kier molecular flexibility index (Phi) is 2.57. The van der Waals surface area contributed by atoms with Crippen LogP contribution in [0, 0.1) is 5.92 Å². The summed E-state index contributed by atoms with van der Waals surface area (Å²) in [6.45, 7) is 1.27. The van der Waals surface area contributed by atoms with Crippen molar-refractivity contribution in [1.82, 2.24) is 4.98 Å². The first-order valence-electron chi connectivity index (χ1n) is 5.64. The molecule has 4 nitrogen and oxygen atoms in total. The van der Waals surface area contributed by atoms with E-state index in [1.165, 1.54) is 0 Å². The number of hydrogen-bond acceptors (Lipinski definition) is 4. The lowest BCUT2D eigenvalue weighted by Gasteiger charge is -2.11. The molecule has 1 aliphatic heterocycles. The number of hydrogen-bond donors (Lipinski definition) is 1. The topological polar surface area (TPSA) is 59.2 Å². The standard InChI is InChI=1S/C12H13N3OS/c13-6-8-5-11(16)15(7-8)12-14-9-3-1-2-4-10(9)17-12/h1-4,8H,5-7,13H2. The van der Waals surface area contributed by atoms with Gasteiger partial charge >= 0.3 is 0 Å². The smallest absolute Gasteiger partial charge is 0.229 e. The molecule has 0 saturated carbocycles. The van der Waals surface area contributed by atoms with Crippen LogP contribution in [-0.2, 0) is 4.79 Å². The van der Waals surface area contributed by atoms with E-state index >= 15 is 0 Å². The van der Waals surface area contributed by atoms with E-state index in [1.807, 2.05) is 24.3 Å². The zero-order valence-corrected chi connectivity index (χ0v) is 10.1. The lowest BCUT2D eigenvalue weighted by molar-refractivity contribution is -0.117. The summed E-state index contributed by atoms with van der Waals surface area (Å²) < 4.78 is 1.12. The first-order valence-corrected chi connectivity index (χ1v) is 6.45. The highest BCUT2D eigenvalue weighted by molar-refractivity contribution is 7.22. The summed E-state index contributed by atoms with van der Waals surface area (Å²) in [5.74, 6) is 0.411. The lowest BCUT2D eigenvalue weighted by Crippen LogP contribution is -2.25. The van der Waals surface area contributed by atoms with Crippen LogP contribution >= 0.6 is 11.3 Å². The van der Waals surface area contributed by atoms with Crippen LogP contribution in [-0.4, -0.2) is 24.0 Å². The summed E-state index contributed by atoms with van der Waals surface area (Å²) in [6.07, 6.45) is 0.548. The van der Waals surface area contributed by atoms with Crippen molar-refractivity contribution in [3.8, 4) is 0 Å². The van der Waals surface area contributed by atoms with Crippen LogP contribution in [0.1, 0.15) is 6.42 Å². The minimum Gasteiger partial charge on any atom is -0.330 e. The molecule has 0 aliphatic carbocycles. The average molecular weight is 247 g/mol. The van der Waals surface area contributed by atoms with E-state index in [4.69, 9.17) is 5.73 Å². The van der Waals surface area contributed by atoms with Crippen molar-refractivity contribution in [1.29, 1.82) is 0 Å². The van der Waals surface area contributed by atoms with Crippen molar-refractivity contribution >= 4 is 32.6 Å². The third-order valence-corrected chi connectivity index (χ3v) is 4.11. The largest absolute Gasteiger partial charge is 0.330 e. The molecule has 1 saturated heterocycles. The van der Waals surface area contributed by atoms with Crippen molar-refractivity contribution in [3.05, 3.63) is 24.3 Å². The van der Waals surface area contributed by atoms with Gasteiger partial charge in [0, 0.05) is 13.0 Å². The van der Waals surface area contributed by atoms with Gasteiger partial charge in [-0.05, 0) is 24.6 Å². The van der Waals surface area contributed by atoms with Gasteiger partial charge in [-0.2, -0.15) is 0 Å². The van der Waals surface area contributed by atoms with E-state index in [2.05, 4.69) is 4.98 Å². The number of anilines is 1. The van der Waals surface area contributed by atoms with Crippen LogP contribution in [0.15, 0.2) is 24.3 Å². The van der Waals surface area contributed by atoms with Gasteiger partial charge in [-0.15, -0.1) is 0 Å². The fraction of sp³-hybridized carbons (Fsp3) is 0.333. The second-order valence-electron chi connectivity index (χ2n) is 4.27. The molecule has 1 amide bonds. The van der Waals surface area contributed by atoms with Gasteiger partial charge in [0.15, 0.2) is 5.13 Å². The van der Waals surface area contributed by atoms with E-state index in [1.54, 1.807) is 16.2 Å². The van der Waals surface area contributed by atoms with Gasteiger partial charge in [0.05, 0.1) is 10.2 Å². The molecule has 2 heterocycles. The number of amides is 1. The molecule has 0 spiro atoms. The van der Waals surface area contributed by atoms with Crippen LogP contribution < -0.4 is 10.6 Å². The number of para-hydroxylation sites is 1. The van der Waals surface area contributed by atoms with Gasteiger partial charge in [0.25, 0.3) is 0 Å². The molecule has 88 valence electrons. The van der Waals surface area contributed by atoms with Gasteiger partial charge in [-0.25, -0.2) is 4.98 Å². The lowest BCUT2D eigenvalue weighted by atomic mass is 10.1. The Morgan fingerprint density at radius 1 is 1.47 bits per heavy atom. The fourth-order valence-electron chi connectivity index (χ4n) is 2.10. The number of nitrogens with zero attached hydrogens (tertiary/aromatic N) is 2. The highest BCUT2D eigenvalue weighted by atomic mass is 32.1. The molecule has 1 fully saturated rings. The van der Waals surface area contributed by atoms with Gasteiger partial charge in [0.1, 0.15) is 0 Å². The monoisotopic (exact) mass is 247 g/mol. The van der Waals surface area contributed by atoms with Crippen molar-refractivity contribution < 1.29 is 4.79 Å². The Hall–Kier alpha value is -1.46. The Bertz CT molecular complexity index is 533. The van der Waals surface area contributed by atoms with Crippen LogP contribution in [0.4, 0.5) is 5.13 Å². The van der Waals surface area contributed by atoms with Gasteiger partial charge < -0.3 is 5.73 Å². The molecule has 1 aromatic heterocycles. The molecular weight excluding hydrogens is 234 g/mol. The number of thiazole rings is 1. The predicted octanol–water partition coefficient (Wildman–Crippen LogP) is 1.61. The number of benzene rings is 1. The third-order valence-electron chi connectivity index (χ3n) is 3.05. The first-order chi connectivity index (χ1) is 8.28. The number of carbonyl (C=O) groups is 1. The summed E-state index contributed by atoms with van der Waals surface area (Å²) in [5.41, 5.74) is 6.57. The molecule has 17 heavy (non-hydrogen) atoms. The molecule has 1 aromatic carbocycles. The van der Waals surface area contributed by atoms with Crippen LogP contribution in [0.5, 0.6) is 0 Å². The zero-order chi connectivity index (χ0) is 11.8. The maximum Gasteiger partial charge on any atom is 0.229 e. The Balaban J connectivity index is 1.96. The summed E-state index contributed by atoms with van der Waals surface area (Å²) in [5, 5.41) is 0.798. The third kappa shape index (κ3) is 1.81. The predicted molar refractivity (Wildman–Crippen MR) is 69.1 cm³/mol. The van der Waals surface area contributed by atoms with Crippen molar-refractivity contribution in [3.63, 3.8) is 0 Å². The first kappa shape index (κ1) is 10.7. The average Bonchev–Trinajstić information content (AvgIpc) is 2.91. The molecular formula is C12H13N3OS. The number of carbonyl (C=O) groups excluding carboxylic acids is 1. The van der Waals surface area contributed by atoms with E-state index in [-0.39, 0.29) is 11.8 Å². The molecule has 2 aromatic rings. The van der Waals surface area contributed by atoms with Gasteiger partial charge in [0.2, 0.25) is 5.91 Å². The highest BCUT2D eigenvalue weighted by Crippen LogP contribution is 2.32. The molecule has 5 heteroatoms. The molecule has 1 aliphatic rings. The molecule has 2 N–H and O–H groups in total. The van der Waals surface area contributed by atoms with Gasteiger partial charge in [-0.3, -0.25) is 9.69 Å². The van der Waals surface area contributed by atoms with E-state index < -0.39 is 0 Å². The van der Waals surface area contributed by atoms with Crippen molar-refractivity contribution in [2.75, 3.05) is 18.0 Å². The second-order valence-corrected chi connectivity index (χ2v) is 5.28. The second kappa shape index (κ2) is 4.09. The normalized spacial score (nSPS) is 20.4. The van der Waals surface area contributed by atoms with Gasteiger partial charge in [-0.1, -0.05) is 23.5 Å². The maximum atomic E-state index is 11.9. The fourth-order valence-corrected chi connectivity index (χ4v) is 3.09. The molecule has 0 bridgehead atoms. The molecule has 3 rings (SSSR count). The van der Waals surface area contributed by atoms with Crippen molar-refractivity contribution in [2.24, 2.45) is 11.7 Å². The zero-order valence-electron chi connectivity index (χ0n) is 9.30. The Morgan fingerprint density at radius 2 is 2.29 bits per heavy atom. The highest BCUT2D eigenvalue weighted by Gasteiger charge is 2.31. The summed E-state index contributed by atoms with van der Waals surface area (Å²) in [7, 11) is 0. The van der Waals surface area contributed by atoms with E-state index in [0.717, 1.165) is 15.3 Å². The minimum absolute atomic E-state index is 0.138. The SMILES string of the molecule is NCC1CC(=O)N(c2nc3ccccc3s2)C1. The Morgan fingerprint density at radius 3 is 3.00 bits per heavy atom. The van der Waals surface area contributed by atoms with Crippen LogP contribution in [0.2, 0.25) is 0 Å².